The summed E-state index contributed by atoms with van der Waals surface area (Å²) in [4.78, 5) is 9.91. The summed E-state index contributed by atoms with van der Waals surface area (Å²) in [7, 11) is 0. The number of rotatable bonds is 4. The Hall–Kier alpha value is -1.56. The van der Waals surface area contributed by atoms with E-state index in [0.717, 1.165) is 5.56 Å². The number of nitro groups is 1. The van der Waals surface area contributed by atoms with E-state index in [1.807, 2.05) is 0 Å². The van der Waals surface area contributed by atoms with Gasteiger partial charge in [-0.25, -0.2) is 0 Å². The first kappa shape index (κ1) is 13.9. The van der Waals surface area contributed by atoms with Crippen molar-refractivity contribution in [3.8, 4) is 0 Å². The highest BCUT2D eigenvalue weighted by molar-refractivity contribution is 6.42. The molecule has 7 heteroatoms. The van der Waals surface area contributed by atoms with Crippen LogP contribution in [0.3, 0.4) is 0 Å². The molecule has 2 aromatic rings. The Morgan fingerprint density at radius 1 is 1.26 bits per heavy atom. The Labute approximate surface area is 119 Å². The number of halogens is 2. The Morgan fingerprint density at radius 3 is 2.58 bits per heavy atom. The van der Waals surface area contributed by atoms with Crippen molar-refractivity contribution in [1.29, 1.82) is 0 Å². The lowest BCUT2D eigenvalue weighted by Gasteiger charge is -2.09. The fourth-order valence-corrected chi connectivity index (χ4v) is 1.98. The summed E-state index contributed by atoms with van der Waals surface area (Å²) in [6, 6.07) is 7.49. The Balaban J connectivity index is 2.13. The van der Waals surface area contributed by atoms with Crippen molar-refractivity contribution in [1.82, 2.24) is 0 Å². The van der Waals surface area contributed by atoms with Crippen LogP contribution >= 0.6 is 23.2 Å². The molecule has 2 rings (SSSR count). The topological polar surface area (TPSA) is 82.3 Å². The first-order chi connectivity index (χ1) is 8.97. The van der Waals surface area contributed by atoms with E-state index in [2.05, 4.69) is 0 Å². The zero-order valence-corrected chi connectivity index (χ0v) is 11.2. The van der Waals surface area contributed by atoms with E-state index in [0.29, 0.717) is 22.2 Å². The molecule has 1 heterocycles. The predicted octanol–water partition coefficient (Wildman–Crippen LogP) is 3.74. The quantitative estimate of drug-likeness (QED) is 0.689. The van der Waals surface area contributed by atoms with Crippen LogP contribution < -0.4 is 5.73 Å². The van der Waals surface area contributed by atoms with Crippen LogP contribution in [0.2, 0.25) is 10.0 Å². The van der Waals surface area contributed by atoms with Crippen LogP contribution in [0, 0.1) is 10.1 Å². The number of hydrogen-bond donors (Lipinski definition) is 1. The molecular weight excluding hydrogens is 291 g/mol. The van der Waals surface area contributed by atoms with E-state index in [4.69, 9.17) is 33.4 Å². The third-order valence-corrected chi connectivity index (χ3v) is 3.34. The van der Waals surface area contributed by atoms with E-state index in [1.165, 1.54) is 12.1 Å². The van der Waals surface area contributed by atoms with Gasteiger partial charge >= 0.3 is 5.88 Å². The summed E-state index contributed by atoms with van der Waals surface area (Å²) in [6.45, 7) is 0. The van der Waals surface area contributed by atoms with E-state index < -0.39 is 11.0 Å². The highest BCUT2D eigenvalue weighted by Crippen LogP contribution is 2.26. The molecule has 1 aromatic heterocycles. The molecular formula is C12H10Cl2N2O3. The average Bonchev–Trinajstić information content (AvgIpc) is 2.83. The molecule has 1 unspecified atom stereocenters. The van der Waals surface area contributed by atoms with Gasteiger partial charge in [-0.15, -0.1) is 0 Å². The number of benzene rings is 1. The molecule has 19 heavy (non-hydrogen) atoms. The smallest absolute Gasteiger partial charge is 0.404 e. The molecule has 1 aromatic carbocycles. The van der Waals surface area contributed by atoms with Gasteiger partial charge < -0.3 is 10.2 Å². The van der Waals surface area contributed by atoms with E-state index >= 15 is 0 Å². The monoisotopic (exact) mass is 300 g/mol. The number of furan rings is 1. The van der Waals surface area contributed by atoms with Gasteiger partial charge in [0.25, 0.3) is 0 Å². The normalized spacial score (nSPS) is 12.4. The molecule has 1 atom stereocenters. The minimum Gasteiger partial charge on any atom is -0.404 e. The van der Waals surface area contributed by atoms with Crippen molar-refractivity contribution in [3.05, 3.63) is 61.8 Å². The van der Waals surface area contributed by atoms with Gasteiger partial charge in [-0.3, -0.25) is 10.1 Å². The summed E-state index contributed by atoms with van der Waals surface area (Å²) in [5.74, 6) is 0.0392. The Morgan fingerprint density at radius 2 is 2.00 bits per heavy atom. The molecule has 0 saturated carbocycles. The highest BCUT2D eigenvalue weighted by Gasteiger charge is 2.17. The highest BCUT2D eigenvalue weighted by atomic mass is 35.5. The second-order valence-electron chi connectivity index (χ2n) is 3.99. The SMILES string of the molecule is NC(Cc1ccc(Cl)c(Cl)c1)c1ccc([N+](=O)[O-])o1. The van der Waals surface area contributed by atoms with Crippen LogP contribution in [0.4, 0.5) is 5.88 Å². The minimum absolute atomic E-state index is 0.320. The zero-order chi connectivity index (χ0) is 14.0. The van der Waals surface area contributed by atoms with Gasteiger partial charge in [-0.2, -0.15) is 0 Å². The molecule has 0 amide bonds. The molecule has 0 aliphatic rings. The first-order valence-electron chi connectivity index (χ1n) is 5.41. The fraction of sp³-hybridized carbons (Fsp3) is 0.167. The van der Waals surface area contributed by atoms with Crippen molar-refractivity contribution < 1.29 is 9.34 Å². The molecule has 0 radical (unpaired) electrons. The van der Waals surface area contributed by atoms with E-state index in [1.54, 1.807) is 18.2 Å². The summed E-state index contributed by atoms with van der Waals surface area (Å²) in [5, 5.41) is 11.4. The standard InChI is InChI=1S/C12H10Cl2N2O3/c13-8-2-1-7(5-9(8)14)6-10(15)11-3-4-12(19-11)16(17)18/h1-5,10H,6,15H2. The average molecular weight is 301 g/mol. The van der Waals surface area contributed by atoms with Gasteiger partial charge in [0, 0.05) is 0 Å². The fourth-order valence-electron chi connectivity index (χ4n) is 1.66. The van der Waals surface area contributed by atoms with Crippen LogP contribution in [0.15, 0.2) is 34.7 Å². The maximum absolute atomic E-state index is 10.5. The number of nitrogens with zero attached hydrogens (tertiary/aromatic N) is 1. The lowest BCUT2D eigenvalue weighted by molar-refractivity contribution is -0.402. The third-order valence-electron chi connectivity index (χ3n) is 2.60. The summed E-state index contributed by atoms with van der Waals surface area (Å²) < 4.78 is 5.05. The molecule has 0 saturated heterocycles. The van der Waals surface area contributed by atoms with Gasteiger partial charge in [-0.05, 0) is 30.2 Å². The molecule has 100 valence electrons. The van der Waals surface area contributed by atoms with E-state index in [-0.39, 0.29) is 5.88 Å². The van der Waals surface area contributed by atoms with Crippen LogP contribution in [0.25, 0.3) is 0 Å². The van der Waals surface area contributed by atoms with Crippen molar-refractivity contribution >= 4 is 29.1 Å². The number of hydrogen-bond acceptors (Lipinski definition) is 4. The van der Waals surface area contributed by atoms with Crippen LogP contribution in [0.5, 0.6) is 0 Å². The van der Waals surface area contributed by atoms with Gasteiger partial charge in [0.1, 0.15) is 10.7 Å². The molecule has 0 fully saturated rings. The molecule has 2 N–H and O–H groups in total. The van der Waals surface area contributed by atoms with Crippen molar-refractivity contribution in [2.75, 3.05) is 0 Å². The van der Waals surface area contributed by atoms with Crippen molar-refractivity contribution in [2.45, 2.75) is 12.5 Å². The van der Waals surface area contributed by atoms with Gasteiger partial charge in [0.2, 0.25) is 0 Å². The molecule has 0 bridgehead atoms. The molecule has 0 aliphatic heterocycles. The molecule has 0 spiro atoms. The summed E-state index contributed by atoms with van der Waals surface area (Å²) in [5.41, 5.74) is 6.81. The number of nitrogens with two attached hydrogens (primary N) is 1. The van der Waals surface area contributed by atoms with Crippen LogP contribution in [-0.2, 0) is 6.42 Å². The lowest BCUT2D eigenvalue weighted by Crippen LogP contribution is -2.12. The third kappa shape index (κ3) is 3.26. The largest absolute Gasteiger partial charge is 0.433 e. The maximum Gasteiger partial charge on any atom is 0.433 e. The van der Waals surface area contributed by atoms with Gasteiger partial charge in [-0.1, -0.05) is 29.3 Å². The van der Waals surface area contributed by atoms with E-state index in [9.17, 15) is 10.1 Å². The minimum atomic E-state index is -0.602. The zero-order valence-electron chi connectivity index (χ0n) is 9.68. The van der Waals surface area contributed by atoms with Crippen molar-refractivity contribution in [2.24, 2.45) is 5.73 Å². The van der Waals surface area contributed by atoms with Gasteiger partial charge in [0.05, 0.1) is 22.2 Å². The Bertz CT molecular complexity index is 613. The first-order valence-corrected chi connectivity index (χ1v) is 6.16. The Kier molecular flexibility index (Phi) is 4.09. The van der Waals surface area contributed by atoms with Crippen LogP contribution in [0.1, 0.15) is 17.4 Å². The lowest BCUT2D eigenvalue weighted by atomic mass is 10.1. The summed E-state index contributed by atoms with van der Waals surface area (Å²) in [6.07, 6.45) is 0.446. The van der Waals surface area contributed by atoms with Crippen molar-refractivity contribution in [3.63, 3.8) is 0 Å². The summed E-state index contributed by atoms with van der Waals surface area (Å²) >= 11 is 11.7. The molecule has 0 aliphatic carbocycles. The second-order valence-corrected chi connectivity index (χ2v) is 4.81. The van der Waals surface area contributed by atoms with Crippen LogP contribution in [-0.4, -0.2) is 4.92 Å². The molecule has 5 nitrogen and oxygen atoms in total. The maximum atomic E-state index is 10.5. The second kappa shape index (κ2) is 5.61. The van der Waals surface area contributed by atoms with Gasteiger partial charge in [0.15, 0.2) is 0 Å². The predicted molar refractivity (Wildman–Crippen MR) is 72.5 cm³/mol.